The van der Waals surface area contributed by atoms with Crippen molar-refractivity contribution >= 4 is 5.78 Å². The van der Waals surface area contributed by atoms with Crippen LogP contribution in [0.5, 0.6) is 5.75 Å². The number of carbonyl (C=O) groups excluding carboxylic acids is 1. The fraction of sp³-hybridized carbons (Fsp3) is 0.188. The minimum atomic E-state index is -4.33. The van der Waals surface area contributed by atoms with E-state index in [9.17, 15) is 18.0 Å². The minimum Gasteiger partial charge on any atom is -0.489 e. The molecule has 0 aliphatic heterocycles. The predicted octanol–water partition coefficient (Wildman–Crippen LogP) is 4.49. The topological polar surface area (TPSA) is 26.3 Å². The lowest BCUT2D eigenvalue weighted by atomic mass is 10.1. The van der Waals surface area contributed by atoms with Gasteiger partial charge < -0.3 is 4.74 Å². The van der Waals surface area contributed by atoms with Crippen molar-refractivity contribution in [1.82, 2.24) is 0 Å². The SMILES string of the molecule is CC(=O)c1ccc(OCc2ccc(C(F)(F)F)cc2)cc1. The Labute approximate surface area is 120 Å². The van der Waals surface area contributed by atoms with E-state index in [0.717, 1.165) is 12.1 Å². The summed E-state index contributed by atoms with van der Waals surface area (Å²) in [6.07, 6.45) is -4.33. The molecule has 21 heavy (non-hydrogen) atoms. The molecular weight excluding hydrogens is 281 g/mol. The van der Waals surface area contributed by atoms with Gasteiger partial charge in [-0.15, -0.1) is 0 Å². The molecule has 0 N–H and O–H groups in total. The van der Waals surface area contributed by atoms with Gasteiger partial charge >= 0.3 is 6.18 Å². The van der Waals surface area contributed by atoms with Gasteiger partial charge in [-0.3, -0.25) is 4.79 Å². The number of carbonyl (C=O) groups is 1. The first kappa shape index (κ1) is 15.1. The van der Waals surface area contributed by atoms with Gasteiger partial charge in [0.2, 0.25) is 0 Å². The lowest BCUT2D eigenvalue weighted by molar-refractivity contribution is -0.137. The van der Waals surface area contributed by atoms with E-state index in [-0.39, 0.29) is 12.4 Å². The van der Waals surface area contributed by atoms with Gasteiger partial charge in [0, 0.05) is 5.56 Å². The molecule has 0 aromatic heterocycles. The van der Waals surface area contributed by atoms with Crippen LogP contribution in [-0.4, -0.2) is 5.78 Å². The van der Waals surface area contributed by atoms with Crippen LogP contribution >= 0.6 is 0 Å². The van der Waals surface area contributed by atoms with Crippen LogP contribution in [0.2, 0.25) is 0 Å². The van der Waals surface area contributed by atoms with Crippen molar-refractivity contribution in [2.45, 2.75) is 19.7 Å². The summed E-state index contributed by atoms with van der Waals surface area (Å²) in [7, 11) is 0. The molecule has 0 saturated heterocycles. The first-order valence-corrected chi connectivity index (χ1v) is 6.26. The van der Waals surface area contributed by atoms with E-state index in [1.165, 1.54) is 19.1 Å². The molecule has 5 heteroatoms. The maximum absolute atomic E-state index is 12.4. The van der Waals surface area contributed by atoms with Gasteiger partial charge in [0.05, 0.1) is 5.56 Å². The Morgan fingerprint density at radius 1 is 1.00 bits per heavy atom. The van der Waals surface area contributed by atoms with Gasteiger partial charge in [0.25, 0.3) is 0 Å². The van der Waals surface area contributed by atoms with Crippen LogP contribution in [0.4, 0.5) is 13.2 Å². The maximum atomic E-state index is 12.4. The molecule has 2 aromatic carbocycles. The number of halogens is 3. The highest BCUT2D eigenvalue weighted by molar-refractivity contribution is 5.94. The molecule has 0 heterocycles. The molecule has 2 rings (SSSR count). The number of alkyl halides is 3. The summed E-state index contributed by atoms with van der Waals surface area (Å²) in [6.45, 7) is 1.63. The average Bonchev–Trinajstić information content (AvgIpc) is 2.45. The van der Waals surface area contributed by atoms with Gasteiger partial charge in [0.1, 0.15) is 12.4 Å². The molecular formula is C16H13F3O2. The van der Waals surface area contributed by atoms with Crippen molar-refractivity contribution in [3.63, 3.8) is 0 Å². The van der Waals surface area contributed by atoms with Gasteiger partial charge in [-0.2, -0.15) is 13.2 Å². The zero-order valence-corrected chi connectivity index (χ0v) is 11.3. The largest absolute Gasteiger partial charge is 0.489 e. The van der Waals surface area contributed by atoms with E-state index in [4.69, 9.17) is 4.74 Å². The quantitative estimate of drug-likeness (QED) is 0.777. The van der Waals surface area contributed by atoms with E-state index in [1.54, 1.807) is 24.3 Å². The molecule has 0 aliphatic rings. The summed E-state index contributed by atoms with van der Waals surface area (Å²) in [5.74, 6) is 0.518. The molecule has 0 aliphatic carbocycles. The Hall–Kier alpha value is -2.30. The number of hydrogen-bond acceptors (Lipinski definition) is 2. The van der Waals surface area contributed by atoms with Crippen LogP contribution in [-0.2, 0) is 12.8 Å². The van der Waals surface area contributed by atoms with Gasteiger partial charge in [-0.1, -0.05) is 12.1 Å². The fourth-order valence-electron chi connectivity index (χ4n) is 1.74. The van der Waals surface area contributed by atoms with Crippen LogP contribution in [0, 0.1) is 0 Å². The van der Waals surface area contributed by atoms with Crippen molar-refractivity contribution in [2.24, 2.45) is 0 Å². The lowest BCUT2D eigenvalue weighted by Crippen LogP contribution is -2.05. The summed E-state index contributed by atoms with van der Waals surface area (Å²) < 4.78 is 42.7. The normalized spacial score (nSPS) is 11.2. The summed E-state index contributed by atoms with van der Waals surface area (Å²) in [4.78, 5) is 11.1. The van der Waals surface area contributed by atoms with Gasteiger partial charge in [0.15, 0.2) is 5.78 Å². The van der Waals surface area contributed by atoms with E-state index in [0.29, 0.717) is 16.9 Å². The molecule has 0 radical (unpaired) electrons. The molecule has 0 spiro atoms. The number of benzene rings is 2. The Bertz CT molecular complexity index is 613. The predicted molar refractivity (Wildman–Crippen MR) is 72.2 cm³/mol. The Morgan fingerprint density at radius 2 is 1.57 bits per heavy atom. The van der Waals surface area contributed by atoms with Gasteiger partial charge in [-0.25, -0.2) is 0 Å². The standard InChI is InChI=1S/C16H13F3O2/c1-11(20)13-4-8-15(9-5-13)21-10-12-2-6-14(7-3-12)16(17,18)19/h2-9H,10H2,1H3. The zero-order valence-electron chi connectivity index (χ0n) is 11.3. The Morgan fingerprint density at radius 3 is 2.05 bits per heavy atom. The van der Waals surface area contributed by atoms with Crippen LogP contribution in [0.3, 0.4) is 0 Å². The van der Waals surface area contributed by atoms with Crippen molar-refractivity contribution in [2.75, 3.05) is 0 Å². The zero-order chi connectivity index (χ0) is 15.5. The molecule has 0 fully saturated rings. The van der Waals surface area contributed by atoms with Crippen molar-refractivity contribution < 1.29 is 22.7 Å². The average molecular weight is 294 g/mol. The third-order valence-electron chi connectivity index (χ3n) is 2.95. The Balaban J connectivity index is 1.98. The van der Waals surface area contributed by atoms with E-state index in [1.807, 2.05) is 0 Å². The molecule has 0 saturated carbocycles. The number of ketones is 1. The second-order valence-electron chi connectivity index (χ2n) is 4.56. The van der Waals surface area contributed by atoms with Crippen LogP contribution in [0.15, 0.2) is 48.5 Å². The fourth-order valence-corrected chi connectivity index (χ4v) is 1.74. The van der Waals surface area contributed by atoms with Crippen LogP contribution in [0.1, 0.15) is 28.4 Å². The number of hydrogen-bond donors (Lipinski definition) is 0. The highest BCUT2D eigenvalue weighted by Crippen LogP contribution is 2.29. The van der Waals surface area contributed by atoms with E-state index >= 15 is 0 Å². The smallest absolute Gasteiger partial charge is 0.416 e. The van der Waals surface area contributed by atoms with E-state index in [2.05, 4.69) is 0 Å². The highest BCUT2D eigenvalue weighted by Gasteiger charge is 2.29. The molecule has 0 amide bonds. The van der Waals surface area contributed by atoms with Crippen LogP contribution in [0.25, 0.3) is 0 Å². The maximum Gasteiger partial charge on any atom is 0.416 e. The first-order valence-electron chi connectivity index (χ1n) is 6.26. The Kier molecular flexibility index (Phi) is 4.31. The summed E-state index contributed by atoms with van der Waals surface area (Å²) in [6, 6.07) is 11.4. The van der Waals surface area contributed by atoms with Crippen LogP contribution < -0.4 is 4.74 Å². The molecule has 2 aromatic rings. The van der Waals surface area contributed by atoms with Crippen molar-refractivity contribution in [3.8, 4) is 5.75 Å². The lowest BCUT2D eigenvalue weighted by Gasteiger charge is -2.09. The summed E-state index contributed by atoms with van der Waals surface area (Å²) in [5.41, 5.74) is 0.535. The summed E-state index contributed by atoms with van der Waals surface area (Å²) in [5, 5.41) is 0. The molecule has 110 valence electrons. The molecule has 0 bridgehead atoms. The monoisotopic (exact) mass is 294 g/mol. The van der Waals surface area contributed by atoms with Crippen molar-refractivity contribution in [3.05, 3.63) is 65.2 Å². The van der Waals surface area contributed by atoms with E-state index < -0.39 is 11.7 Å². The second kappa shape index (κ2) is 5.99. The highest BCUT2D eigenvalue weighted by atomic mass is 19.4. The molecule has 0 unspecified atom stereocenters. The van der Waals surface area contributed by atoms with Crippen molar-refractivity contribution in [1.29, 1.82) is 0 Å². The van der Waals surface area contributed by atoms with Gasteiger partial charge in [-0.05, 0) is 48.9 Å². The molecule has 2 nitrogen and oxygen atoms in total. The summed E-state index contributed by atoms with van der Waals surface area (Å²) >= 11 is 0. The first-order chi connectivity index (χ1) is 9.86. The third kappa shape index (κ3) is 4.08. The number of Topliss-reactive ketones (excluding diaryl/α,β-unsaturated/α-hetero) is 1. The third-order valence-corrected chi connectivity index (χ3v) is 2.95. The minimum absolute atomic E-state index is 0.0377. The second-order valence-corrected chi connectivity index (χ2v) is 4.56. The molecule has 0 atom stereocenters. The number of ether oxygens (including phenoxy) is 1. The number of rotatable bonds is 4.